The van der Waals surface area contributed by atoms with Gasteiger partial charge < -0.3 is 35.3 Å². The maximum atomic E-state index is 13.1. The Morgan fingerprint density at radius 3 is 1.23 bits per heavy atom. The van der Waals surface area contributed by atoms with Gasteiger partial charge in [0.15, 0.2) is 12.2 Å². The van der Waals surface area contributed by atoms with Crippen LogP contribution in [0, 0.1) is 11.8 Å². The van der Waals surface area contributed by atoms with Crippen LogP contribution in [0.2, 0.25) is 0 Å². The number of rotatable bonds is 42. The number of carbonyl (C=O) groups is 4. The normalized spacial score (nSPS) is 14.6. The second-order valence-corrected chi connectivity index (χ2v) is 19.0. The van der Waals surface area contributed by atoms with Crippen molar-refractivity contribution in [3.05, 3.63) is 0 Å². The van der Waals surface area contributed by atoms with Gasteiger partial charge in [-0.15, -0.1) is 0 Å². The van der Waals surface area contributed by atoms with Gasteiger partial charge in [-0.05, 0) is 37.5 Å². The molecule has 0 rings (SSSR count). The molecule has 0 heterocycles. The van der Waals surface area contributed by atoms with Crippen LogP contribution in [0.4, 0.5) is 0 Å². The molecule has 14 nitrogen and oxygen atoms in total. The Morgan fingerprint density at radius 2 is 0.820 bits per heavy atom. The van der Waals surface area contributed by atoms with Crippen molar-refractivity contribution in [3.8, 4) is 0 Å². The molecule has 0 aromatic carbocycles. The van der Waals surface area contributed by atoms with E-state index in [-0.39, 0.29) is 31.3 Å². The number of carbonyl (C=O) groups excluding carboxylic acids is 4. The number of nitrogens with two attached hydrogens (primary N) is 2. The molecule has 0 amide bonds. The summed E-state index contributed by atoms with van der Waals surface area (Å²) in [5, 5.41) is 0. The minimum Gasteiger partial charge on any atom is -0.462 e. The average molecular weight is 893 g/mol. The predicted molar refractivity (Wildman–Crippen MR) is 240 cm³/mol. The molecule has 0 spiro atoms. The number of esters is 4. The Morgan fingerprint density at radius 1 is 0.475 bits per heavy atom. The lowest BCUT2D eigenvalue weighted by Crippen LogP contribution is -2.40. The fourth-order valence-electron chi connectivity index (χ4n) is 6.74. The van der Waals surface area contributed by atoms with Crippen LogP contribution in [0.15, 0.2) is 0 Å². The van der Waals surface area contributed by atoms with Crippen molar-refractivity contribution in [2.45, 2.75) is 233 Å². The van der Waals surface area contributed by atoms with E-state index in [9.17, 15) is 28.6 Å². The number of ether oxygens (including phenoxy) is 4. The van der Waals surface area contributed by atoms with Crippen molar-refractivity contribution in [3.63, 3.8) is 0 Å². The van der Waals surface area contributed by atoms with Crippen LogP contribution in [0.25, 0.3) is 0 Å². The molecular formula is C46H89N2O12P. The van der Waals surface area contributed by atoms with E-state index in [2.05, 4.69) is 13.8 Å². The van der Waals surface area contributed by atoms with Gasteiger partial charge >= 0.3 is 31.7 Å². The van der Waals surface area contributed by atoms with Gasteiger partial charge in [-0.25, -0.2) is 4.57 Å². The molecular weight excluding hydrogens is 803 g/mol. The zero-order valence-electron chi connectivity index (χ0n) is 39.2. The predicted octanol–water partition coefficient (Wildman–Crippen LogP) is 10.2. The first-order valence-corrected chi connectivity index (χ1v) is 25.4. The highest BCUT2D eigenvalue weighted by atomic mass is 31.2. The van der Waals surface area contributed by atoms with Crippen LogP contribution in [0.1, 0.15) is 208 Å². The van der Waals surface area contributed by atoms with E-state index in [1.165, 1.54) is 89.9 Å². The molecule has 15 heteroatoms. The van der Waals surface area contributed by atoms with Crippen molar-refractivity contribution in [2.75, 3.05) is 26.4 Å². The van der Waals surface area contributed by atoms with Gasteiger partial charge in [0, 0.05) is 12.8 Å². The third-order valence-electron chi connectivity index (χ3n) is 10.3. The summed E-state index contributed by atoms with van der Waals surface area (Å²) in [5.74, 6) is -2.34. The molecule has 360 valence electrons. The standard InChI is InChI=1S/C46H89N2O12P/c1-7-9-11-13-15-17-19-21-23-25-27-29-43(49)55-33-39(59-44(50)30-28-26-24-22-20-18-16-14-12-10-8-2)35-57-61(53,54)58-36-40(60-46(52)42(48)32-38(5)6)34-56-45(51)41(47)31-37(3)4/h37-42H,7-36,47-48H2,1-6H3,(H,53,54). The lowest BCUT2D eigenvalue weighted by Gasteiger charge is -2.23. The van der Waals surface area contributed by atoms with Crippen LogP contribution in [0.5, 0.6) is 0 Å². The first kappa shape index (κ1) is 58.9. The Labute approximate surface area is 370 Å². The van der Waals surface area contributed by atoms with Gasteiger partial charge in [-0.3, -0.25) is 28.2 Å². The molecule has 5 atom stereocenters. The maximum Gasteiger partial charge on any atom is 0.472 e. The Balaban J connectivity index is 5.26. The maximum absolute atomic E-state index is 13.1. The summed E-state index contributed by atoms with van der Waals surface area (Å²) < 4.78 is 45.1. The van der Waals surface area contributed by atoms with Crippen LogP contribution in [-0.2, 0) is 51.7 Å². The summed E-state index contributed by atoms with van der Waals surface area (Å²) >= 11 is 0. The van der Waals surface area contributed by atoms with Crippen LogP contribution < -0.4 is 11.5 Å². The summed E-state index contributed by atoms with van der Waals surface area (Å²) in [7, 11) is -4.87. The topological polar surface area (TPSA) is 213 Å². The number of unbranched alkanes of at least 4 members (excludes halogenated alkanes) is 20. The Hall–Kier alpha value is -2.09. The van der Waals surface area contributed by atoms with E-state index in [0.29, 0.717) is 25.7 Å². The van der Waals surface area contributed by atoms with Crippen molar-refractivity contribution in [1.29, 1.82) is 0 Å². The molecule has 0 aromatic rings. The summed E-state index contributed by atoms with van der Waals surface area (Å²) in [6, 6.07) is -1.91. The van der Waals surface area contributed by atoms with E-state index in [4.69, 9.17) is 39.5 Å². The second-order valence-electron chi connectivity index (χ2n) is 17.6. The number of phosphoric ester groups is 1. The molecule has 0 saturated carbocycles. The molecule has 61 heavy (non-hydrogen) atoms. The molecule has 0 aliphatic rings. The van der Waals surface area contributed by atoms with Crippen molar-refractivity contribution in [2.24, 2.45) is 23.3 Å². The van der Waals surface area contributed by atoms with E-state index < -0.39 is 75.8 Å². The number of hydrogen-bond acceptors (Lipinski definition) is 13. The Bertz CT molecular complexity index is 1170. The first-order valence-electron chi connectivity index (χ1n) is 23.9. The molecule has 5 unspecified atom stereocenters. The third kappa shape index (κ3) is 37.0. The molecule has 0 radical (unpaired) electrons. The SMILES string of the molecule is CCCCCCCCCCCCCC(=O)OCC(COP(=O)(O)OCC(COC(=O)C(N)CC(C)C)OC(=O)C(N)CC(C)C)OC(=O)CCCCCCCCCCCCC. The summed E-state index contributed by atoms with van der Waals surface area (Å²) in [6.45, 7) is 9.79. The smallest absolute Gasteiger partial charge is 0.462 e. The van der Waals surface area contributed by atoms with E-state index in [0.717, 1.165) is 38.5 Å². The van der Waals surface area contributed by atoms with E-state index in [1.807, 2.05) is 27.7 Å². The minimum atomic E-state index is -4.87. The van der Waals surface area contributed by atoms with Gasteiger partial charge in [0.05, 0.1) is 13.2 Å². The van der Waals surface area contributed by atoms with E-state index >= 15 is 0 Å². The molecule has 0 aliphatic carbocycles. The molecule has 0 saturated heterocycles. The second kappa shape index (κ2) is 38.4. The van der Waals surface area contributed by atoms with Crippen LogP contribution >= 0.6 is 7.82 Å². The first-order chi connectivity index (χ1) is 29.1. The highest BCUT2D eigenvalue weighted by molar-refractivity contribution is 7.47. The fourth-order valence-corrected chi connectivity index (χ4v) is 7.52. The fraction of sp³-hybridized carbons (Fsp3) is 0.913. The average Bonchev–Trinajstić information content (AvgIpc) is 3.20. The highest BCUT2D eigenvalue weighted by Gasteiger charge is 2.30. The zero-order valence-corrected chi connectivity index (χ0v) is 40.1. The minimum absolute atomic E-state index is 0.0840. The molecule has 0 bridgehead atoms. The van der Waals surface area contributed by atoms with Crippen LogP contribution in [0.3, 0.4) is 0 Å². The van der Waals surface area contributed by atoms with Crippen molar-refractivity contribution < 1.29 is 56.6 Å². The van der Waals surface area contributed by atoms with E-state index in [1.54, 1.807) is 0 Å². The molecule has 0 aromatic heterocycles. The largest absolute Gasteiger partial charge is 0.472 e. The van der Waals surface area contributed by atoms with Gasteiger partial charge in [-0.1, -0.05) is 170 Å². The van der Waals surface area contributed by atoms with Gasteiger partial charge in [0.2, 0.25) is 0 Å². The third-order valence-corrected chi connectivity index (χ3v) is 11.2. The number of hydrogen-bond donors (Lipinski definition) is 3. The number of phosphoric acid groups is 1. The molecule has 5 N–H and O–H groups in total. The quantitative estimate of drug-likeness (QED) is 0.0225. The summed E-state index contributed by atoms with van der Waals surface area (Å²) in [6.07, 6.45) is 23.5. The molecule has 0 aliphatic heterocycles. The van der Waals surface area contributed by atoms with Gasteiger partial charge in [0.1, 0.15) is 25.3 Å². The lowest BCUT2D eigenvalue weighted by atomic mass is 10.0. The Kier molecular flexibility index (Phi) is 37.1. The summed E-state index contributed by atoms with van der Waals surface area (Å²) in [4.78, 5) is 61.3. The van der Waals surface area contributed by atoms with Gasteiger partial charge in [0.25, 0.3) is 0 Å². The lowest BCUT2D eigenvalue weighted by molar-refractivity contribution is -0.163. The van der Waals surface area contributed by atoms with Gasteiger partial charge in [-0.2, -0.15) is 0 Å². The van der Waals surface area contributed by atoms with Crippen molar-refractivity contribution >= 4 is 31.7 Å². The van der Waals surface area contributed by atoms with Crippen molar-refractivity contribution in [1.82, 2.24) is 0 Å². The summed E-state index contributed by atoms with van der Waals surface area (Å²) in [5.41, 5.74) is 11.9. The molecule has 0 fully saturated rings. The highest BCUT2D eigenvalue weighted by Crippen LogP contribution is 2.43. The van der Waals surface area contributed by atoms with Crippen LogP contribution in [-0.4, -0.2) is 79.5 Å². The zero-order chi connectivity index (χ0) is 45.7. The monoisotopic (exact) mass is 893 g/mol.